The molecular weight excluding hydrogens is 230 g/mol. The molecule has 18 heavy (non-hydrogen) atoms. The molecule has 1 atom stereocenters. The summed E-state index contributed by atoms with van der Waals surface area (Å²) in [4.78, 5) is 9.02. The first-order valence-electron chi connectivity index (χ1n) is 6.67. The van der Waals surface area contributed by atoms with Crippen molar-refractivity contribution in [2.45, 2.75) is 38.9 Å². The number of hydrogen-bond donors (Lipinski definition) is 1. The number of nitrogens with two attached hydrogens (primary N) is 1. The first kappa shape index (κ1) is 13.5. The third-order valence-electron chi connectivity index (χ3n) is 3.52. The van der Waals surface area contributed by atoms with Crippen molar-refractivity contribution in [3.63, 3.8) is 0 Å². The van der Waals surface area contributed by atoms with Crippen LogP contribution in [-0.2, 0) is 13.1 Å². The van der Waals surface area contributed by atoms with Crippen LogP contribution in [-0.4, -0.2) is 52.7 Å². The molecule has 0 aromatic carbocycles. The fourth-order valence-corrected chi connectivity index (χ4v) is 2.62. The molecule has 2 heterocycles. The minimum Gasteiger partial charge on any atom is -0.338 e. The maximum absolute atomic E-state index is 5.45. The fraction of sp³-hybridized carbons (Fsp3) is 0.833. The lowest BCUT2D eigenvalue weighted by atomic mass is 10.2. The van der Waals surface area contributed by atoms with E-state index < -0.39 is 0 Å². The molecule has 1 aromatic heterocycles. The standard InChI is InChI=1S/C12H23N5O/c1-3-17-6-4-5-10(17)8-16(2)9-11-14-12(7-13)18-15-11/h10H,3-9,13H2,1-2H3. The molecule has 1 saturated heterocycles. The minimum atomic E-state index is 0.308. The van der Waals surface area contributed by atoms with E-state index >= 15 is 0 Å². The summed E-state index contributed by atoms with van der Waals surface area (Å²) in [5.41, 5.74) is 5.45. The van der Waals surface area contributed by atoms with E-state index in [2.05, 4.69) is 33.9 Å². The van der Waals surface area contributed by atoms with Crippen LogP contribution in [0.5, 0.6) is 0 Å². The van der Waals surface area contributed by atoms with E-state index in [1.165, 1.54) is 19.4 Å². The van der Waals surface area contributed by atoms with Crippen LogP contribution < -0.4 is 5.73 Å². The van der Waals surface area contributed by atoms with E-state index in [-0.39, 0.29) is 0 Å². The number of rotatable bonds is 6. The van der Waals surface area contributed by atoms with Gasteiger partial charge in [-0.15, -0.1) is 0 Å². The van der Waals surface area contributed by atoms with Crippen molar-refractivity contribution in [3.8, 4) is 0 Å². The number of aromatic nitrogens is 2. The highest BCUT2D eigenvalue weighted by molar-refractivity contribution is 4.87. The number of hydrogen-bond acceptors (Lipinski definition) is 6. The Morgan fingerprint density at radius 3 is 3.06 bits per heavy atom. The second-order valence-electron chi connectivity index (χ2n) is 4.93. The van der Waals surface area contributed by atoms with Gasteiger partial charge in [-0.25, -0.2) is 0 Å². The van der Waals surface area contributed by atoms with E-state index in [1.54, 1.807) is 0 Å². The maximum atomic E-state index is 5.45. The molecule has 0 aliphatic carbocycles. The Hall–Kier alpha value is -0.980. The molecule has 0 saturated carbocycles. The Balaban J connectivity index is 1.82. The monoisotopic (exact) mass is 253 g/mol. The number of likely N-dealkylation sites (N-methyl/N-ethyl adjacent to an activating group) is 2. The molecule has 1 aromatic rings. The lowest BCUT2D eigenvalue weighted by Crippen LogP contribution is -2.38. The summed E-state index contributed by atoms with van der Waals surface area (Å²) < 4.78 is 5.00. The Labute approximate surface area is 108 Å². The molecule has 1 aliphatic heterocycles. The second-order valence-corrected chi connectivity index (χ2v) is 4.93. The Bertz CT molecular complexity index is 367. The van der Waals surface area contributed by atoms with Crippen LogP contribution in [0.2, 0.25) is 0 Å². The SMILES string of the molecule is CCN1CCCC1CN(C)Cc1noc(CN)n1. The fourth-order valence-electron chi connectivity index (χ4n) is 2.62. The van der Waals surface area contributed by atoms with Crippen molar-refractivity contribution in [1.29, 1.82) is 0 Å². The molecular formula is C12H23N5O. The first-order chi connectivity index (χ1) is 8.72. The van der Waals surface area contributed by atoms with Crippen LogP contribution >= 0.6 is 0 Å². The molecule has 0 spiro atoms. The molecule has 2 N–H and O–H groups in total. The summed E-state index contributed by atoms with van der Waals surface area (Å²) in [6, 6.07) is 0.667. The highest BCUT2D eigenvalue weighted by Gasteiger charge is 2.24. The van der Waals surface area contributed by atoms with Gasteiger partial charge in [-0.3, -0.25) is 9.80 Å². The molecule has 1 fully saturated rings. The lowest BCUT2D eigenvalue weighted by molar-refractivity contribution is 0.191. The number of nitrogens with zero attached hydrogens (tertiary/aromatic N) is 4. The smallest absolute Gasteiger partial charge is 0.240 e. The van der Waals surface area contributed by atoms with E-state index in [0.717, 1.165) is 25.5 Å². The highest BCUT2D eigenvalue weighted by atomic mass is 16.5. The molecule has 102 valence electrons. The van der Waals surface area contributed by atoms with Crippen LogP contribution in [0.15, 0.2) is 4.52 Å². The van der Waals surface area contributed by atoms with Crippen molar-refractivity contribution in [2.24, 2.45) is 5.73 Å². The van der Waals surface area contributed by atoms with Crippen LogP contribution in [0.3, 0.4) is 0 Å². The van der Waals surface area contributed by atoms with Crippen LogP contribution in [0.25, 0.3) is 0 Å². The topological polar surface area (TPSA) is 71.4 Å². The third kappa shape index (κ3) is 3.28. The van der Waals surface area contributed by atoms with Crippen molar-refractivity contribution in [3.05, 3.63) is 11.7 Å². The predicted molar refractivity (Wildman–Crippen MR) is 68.8 cm³/mol. The Morgan fingerprint density at radius 2 is 2.39 bits per heavy atom. The Kier molecular flexibility index (Phi) is 4.68. The first-order valence-corrected chi connectivity index (χ1v) is 6.67. The second kappa shape index (κ2) is 6.26. The highest BCUT2D eigenvalue weighted by Crippen LogP contribution is 2.17. The maximum Gasteiger partial charge on any atom is 0.240 e. The zero-order valence-corrected chi connectivity index (χ0v) is 11.3. The summed E-state index contributed by atoms with van der Waals surface area (Å²) >= 11 is 0. The van der Waals surface area contributed by atoms with Crippen LogP contribution in [0.4, 0.5) is 0 Å². The van der Waals surface area contributed by atoms with Gasteiger partial charge >= 0.3 is 0 Å². The molecule has 1 unspecified atom stereocenters. The van der Waals surface area contributed by atoms with Crippen molar-refractivity contribution in [1.82, 2.24) is 19.9 Å². The van der Waals surface area contributed by atoms with Gasteiger partial charge in [0.15, 0.2) is 5.82 Å². The van der Waals surface area contributed by atoms with Gasteiger partial charge < -0.3 is 10.3 Å². The summed E-state index contributed by atoms with van der Waals surface area (Å²) in [5.74, 6) is 1.23. The van der Waals surface area contributed by atoms with Gasteiger partial charge in [0.2, 0.25) is 5.89 Å². The van der Waals surface area contributed by atoms with Gasteiger partial charge in [-0.05, 0) is 33.0 Å². The quantitative estimate of drug-likeness (QED) is 0.793. The van der Waals surface area contributed by atoms with Gasteiger partial charge in [0.25, 0.3) is 0 Å². The molecule has 0 amide bonds. The molecule has 6 heteroatoms. The third-order valence-corrected chi connectivity index (χ3v) is 3.52. The molecule has 1 aliphatic rings. The Morgan fingerprint density at radius 1 is 1.56 bits per heavy atom. The normalized spacial score (nSPS) is 21.0. The molecule has 2 rings (SSSR count). The van der Waals surface area contributed by atoms with Crippen LogP contribution in [0, 0.1) is 0 Å². The van der Waals surface area contributed by atoms with Gasteiger partial charge in [-0.1, -0.05) is 12.1 Å². The average molecular weight is 253 g/mol. The van der Waals surface area contributed by atoms with Gasteiger partial charge in [0, 0.05) is 12.6 Å². The molecule has 0 bridgehead atoms. The van der Waals surface area contributed by atoms with Gasteiger partial charge in [0.05, 0.1) is 13.1 Å². The van der Waals surface area contributed by atoms with Crippen molar-refractivity contribution < 1.29 is 4.52 Å². The van der Waals surface area contributed by atoms with Gasteiger partial charge in [0.1, 0.15) is 0 Å². The minimum absolute atomic E-state index is 0.308. The lowest BCUT2D eigenvalue weighted by Gasteiger charge is -2.26. The average Bonchev–Trinajstić information content (AvgIpc) is 2.97. The van der Waals surface area contributed by atoms with Crippen LogP contribution in [0.1, 0.15) is 31.5 Å². The van der Waals surface area contributed by atoms with E-state index in [9.17, 15) is 0 Å². The van der Waals surface area contributed by atoms with Crippen molar-refractivity contribution in [2.75, 3.05) is 26.7 Å². The zero-order valence-electron chi connectivity index (χ0n) is 11.3. The summed E-state index contributed by atoms with van der Waals surface area (Å²) in [5, 5.41) is 3.92. The van der Waals surface area contributed by atoms with Gasteiger partial charge in [-0.2, -0.15) is 4.98 Å². The predicted octanol–water partition coefficient (Wildman–Crippen LogP) is 0.444. The largest absolute Gasteiger partial charge is 0.338 e. The zero-order chi connectivity index (χ0) is 13.0. The molecule has 6 nitrogen and oxygen atoms in total. The van der Waals surface area contributed by atoms with Crippen molar-refractivity contribution >= 4 is 0 Å². The van der Waals surface area contributed by atoms with E-state index in [4.69, 9.17) is 10.3 Å². The number of likely N-dealkylation sites (tertiary alicyclic amines) is 1. The summed E-state index contributed by atoms with van der Waals surface area (Å²) in [7, 11) is 2.10. The summed E-state index contributed by atoms with van der Waals surface area (Å²) in [6.07, 6.45) is 2.60. The molecule has 0 radical (unpaired) electrons. The summed E-state index contributed by atoms with van der Waals surface area (Å²) in [6.45, 7) is 6.68. The van der Waals surface area contributed by atoms with E-state index in [1.807, 2.05) is 0 Å². The van der Waals surface area contributed by atoms with E-state index in [0.29, 0.717) is 18.5 Å².